The predicted octanol–water partition coefficient (Wildman–Crippen LogP) is -6.39. The molecule has 0 aromatic carbocycles. The lowest BCUT2D eigenvalue weighted by molar-refractivity contribution is -0.306. The molecule has 164 valence electrons. The van der Waals surface area contributed by atoms with Crippen molar-refractivity contribution < 1.29 is 70.1 Å². The highest BCUT2D eigenvalue weighted by Crippen LogP contribution is 2.26. The maximum atomic E-state index is 11.8. The van der Waals surface area contributed by atoms with Crippen LogP contribution < -0.4 is 0 Å². The van der Waals surface area contributed by atoms with Crippen molar-refractivity contribution in [2.45, 2.75) is 74.3 Å². The van der Waals surface area contributed by atoms with Gasteiger partial charge in [-0.3, -0.25) is 0 Å². The minimum absolute atomic E-state index is 1.01. The van der Waals surface area contributed by atoms with Crippen LogP contribution in [0.25, 0.3) is 0 Å². The molecule has 1 fully saturated rings. The standard InChI is InChI=1S/C14H24O14/c1-2(15)3(16)10(27-14(26)8(21)6(19)12(23)24)9(22)11-5(18)4(17)7(20)13(25)28-11/h2-11,13,15-22,25H,1H3,(H,23,24)/t2-,3-,4+,5+,6?,7-,8?,9-,10+,11+,13?/m1/s1. The van der Waals surface area contributed by atoms with Crippen molar-refractivity contribution in [2.24, 2.45) is 0 Å². The number of hydrogen-bond donors (Lipinski definition) is 10. The van der Waals surface area contributed by atoms with Gasteiger partial charge in [-0.25, -0.2) is 9.59 Å². The van der Waals surface area contributed by atoms with Crippen molar-refractivity contribution in [1.29, 1.82) is 0 Å². The molecule has 0 aromatic heterocycles. The zero-order valence-electron chi connectivity index (χ0n) is 14.5. The van der Waals surface area contributed by atoms with Gasteiger partial charge in [0.25, 0.3) is 0 Å². The SMILES string of the molecule is C[C@@H](O)[C@@H](O)[C@H](OC(=O)C(O)C(O)C(=O)O)[C@@H](O)[C@H]1OC(O)[C@H](O)[C@@H](O)[C@@H]1O. The van der Waals surface area contributed by atoms with Crippen LogP contribution in [0.5, 0.6) is 0 Å². The monoisotopic (exact) mass is 416 g/mol. The summed E-state index contributed by atoms with van der Waals surface area (Å²) in [5.74, 6) is -3.80. The van der Waals surface area contributed by atoms with E-state index in [-0.39, 0.29) is 0 Å². The number of aliphatic hydroxyl groups excluding tert-OH is 9. The second-order valence-electron chi connectivity index (χ2n) is 6.31. The summed E-state index contributed by atoms with van der Waals surface area (Å²) in [6.45, 7) is 1.01. The molecule has 1 rings (SSSR count). The number of carbonyl (C=O) groups excluding carboxylic acids is 1. The molecule has 0 radical (unpaired) electrons. The van der Waals surface area contributed by atoms with Crippen molar-refractivity contribution in [3.63, 3.8) is 0 Å². The van der Waals surface area contributed by atoms with Gasteiger partial charge < -0.3 is 60.5 Å². The van der Waals surface area contributed by atoms with E-state index in [4.69, 9.17) is 9.84 Å². The number of esters is 1. The van der Waals surface area contributed by atoms with E-state index < -0.39 is 79.3 Å². The molecule has 28 heavy (non-hydrogen) atoms. The zero-order valence-corrected chi connectivity index (χ0v) is 14.5. The Morgan fingerprint density at radius 2 is 1.43 bits per heavy atom. The first kappa shape index (κ1) is 24.6. The first-order chi connectivity index (χ1) is 12.8. The quantitative estimate of drug-likeness (QED) is 0.165. The van der Waals surface area contributed by atoms with E-state index in [1.165, 1.54) is 0 Å². The minimum atomic E-state index is -2.64. The first-order valence-electron chi connectivity index (χ1n) is 8.02. The van der Waals surface area contributed by atoms with E-state index in [1.54, 1.807) is 0 Å². The van der Waals surface area contributed by atoms with Crippen LogP contribution in [-0.4, -0.2) is 130 Å². The summed E-state index contributed by atoms with van der Waals surface area (Å²) in [5, 5.41) is 95.5. The predicted molar refractivity (Wildman–Crippen MR) is 82.1 cm³/mol. The molecule has 14 heteroatoms. The Bertz CT molecular complexity index is 540. The molecule has 0 spiro atoms. The fourth-order valence-corrected chi connectivity index (χ4v) is 2.44. The molecule has 1 aliphatic heterocycles. The summed E-state index contributed by atoms with van der Waals surface area (Å²) < 4.78 is 9.32. The summed E-state index contributed by atoms with van der Waals surface area (Å²) in [5.41, 5.74) is 0. The van der Waals surface area contributed by atoms with Crippen molar-refractivity contribution in [3.05, 3.63) is 0 Å². The molecule has 1 heterocycles. The third-order valence-electron chi connectivity index (χ3n) is 4.18. The second-order valence-corrected chi connectivity index (χ2v) is 6.31. The molecule has 10 N–H and O–H groups in total. The summed E-state index contributed by atoms with van der Waals surface area (Å²) in [6.07, 6.45) is -23.5. The van der Waals surface area contributed by atoms with Gasteiger partial charge in [-0.15, -0.1) is 0 Å². The number of ether oxygens (including phenoxy) is 2. The molecule has 0 saturated carbocycles. The van der Waals surface area contributed by atoms with Crippen LogP contribution in [0.3, 0.4) is 0 Å². The highest BCUT2D eigenvalue weighted by molar-refractivity contribution is 5.84. The number of aliphatic hydroxyl groups is 9. The van der Waals surface area contributed by atoms with Gasteiger partial charge in [0.15, 0.2) is 24.6 Å². The van der Waals surface area contributed by atoms with Crippen LogP contribution >= 0.6 is 0 Å². The van der Waals surface area contributed by atoms with Crippen molar-refractivity contribution >= 4 is 11.9 Å². The number of carbonyl (C=O) groups is 2. The van der Waals surface area contributed by atoms with E-state index in [1.807, 2.05) is 0 Å². The Balaban J connectivity index is 3.07. The molecule has 1 saturated heterocycles. The lowest BCUT2D eigenvalue weighted by Gasteiger charge is -2.42. The van der Waals surface area contributed by atoms with Gasteiger partial charge in [0, 0.05) is 0 Å². The maximum Gasteiger partial charge on any atom is 0.338 e. The summed E-state index contributed by atoms with van der Waals surface area (Å²) >= 11 is 0. The molecule has 0 bridgehead atoms. The number of rotatable bonds is 8. The summed E-state index contributed by atoms with van der Waals surface area (Å²) in [6, 6.07) is 0. The molecule has 0 aliphatic carbocycles. The van der Waals surface area contributed by atoms with Crippen LogP contribution in [0, 0.1) is 0 Å². The number of aliphatic carboxylic acids is 1. The largest absolute Gasteiger partial charge is 0.479 e. The average Bonchev–Trinajstić information content (AvgIpc) is 2.64. The number of carboxylic acid groups (broad SMARTS) is 1. The van der Waals surface area contributed by atoms with Crippen LogP contribution in [0.1, 0.15) is 6.92 Å². The van der Waals surface area contributed by atoms with Crippen LogP contribution in [0.4, 0.5) is 0 Å². The fourth-order valence-electron chi connectivity index (χ4n) is 2.44. The highest BCUT2D eigenvalue weighted by atomic mass is 16.6. The van der Waals surface area contributed by atoms with E-state index >= 15 is 0 Å². The van der Waals surface area contributed by atoms with Crippen molar-refractivity contribution in [3.8, 4) is 0 Å². The Morgan fingerprint density at radius 3 is 1.89 bits per heavy atom. The Kier molecular flexibility index (Phi) is 8.64. The zero-order chi connectivity index (χ0) is 21.9. The molecular formula is C14H24O14. The van der Waals surface area contributed by atoms with Gasteiger partial charge in [-0.2, -0.15) is 0 Å². The summed E-state index contributed by atoms with van der Waals surface area (Å²) in [4.78, 5) is 22.4. The number of carboxylic acids is 1. The van der Waals surface area contributed by atoms with E-state index in [9.17, 15) is 55.5 Å². The second kappa shape index (κ2) is 9.84. The highest BCUT2D eigenvalue weighted by Gasteiger charge is 2.50. The van der Waals surface area contributed by atoms with Crippen molar-refractivity contribution in [2.75, 3.05) is 0 Å². The smallest absolute Gasteiger partial charge is 0.338 e. The van der Waals surface area contributed by atoms with Gasteiger partial charge in [0.1, 0.15) is 36.6 Å². The minimum Gasteiger partial charge on any atom is -0.479 e. The molecule has 14 nitrogen and oxygen atoms in total. The van der Waals surface area contributed by atoms with Gasteiger partial charge in [-0.05, 0) is 6.92 Å². The average molecular weight is 416 g/mol. The number of hydrogen-bond acceptors (Lipinski definition) is 13. The molecule has 11 atom stereocenters. The lowest BCUT2D eigenvalue weighted by atomic mass is 9.90. The molecule has 0 aromatic rings. The normalized spacial score (nSPS) is 34.6. The third-order valence-corrected chi connectivity index (χ3v) is 4.18. The summed E-state index contributed by atoms with van der Waals surface area (Å²) in [7, 11) is 0. The van der Waals surface area contributed by atoms with Gasteiger partial charge in [-0.1, -0.05) is 0 Å². The van der Waals surface area contributed by atoms with Gasteiger partial charge in [0.2, 0.25) is 0 Å². The van der Waals surface area contributed by atoms with Crippen LogP contribution in [-0.2, 0) is 19.1 Å². The topological polar surface area (TPSA) is 255 Å². The van der Waals surface area contributed by atoms with E-state index in [2.05, 4.69) is 4.74 Å². The van der Waals surface area contributed by atoms with E-state index in [0.717, 1.165) is 6.92 Å². The van der Waals surface area contributed by atoms with Crippen LogP contribution in [0.2, 0.25) is 0 Å². The molecule has 0 amide bonds. The Labute approximate surface area is 157 Å². The Hall–Kier alpha value is -1.46. The fraction of sp³-hybridized carbons (Fsp3) is 0.857. The molecule has 1 aliphatic rings. The third kappa shape index (κ3) is 5.32. The van der Waals surface area contributed by atoms with Gasteiger partial charge >= 0.3 is 11.9 Å². The van der Waals surface area contributed by atoms with Crippen LogP contribution in [0.15, 0.2) is 0 Å². The van der Waals surface area contributed by atoms with Crippen molar-refractivity contribution in [1.82, 2.24) is 0 Å². The maximum absolute atomic E-state index is 11.8. The lowest BCUT2D eigenvalue weighted by Crippen LogP contribution is -2.64. The molecular weight excluding hydrogens is 392 g/mol. The molecule has 3 unspecified atom stereocenters. The Morgan fingerprint density at radius 1 is 0.893 bits per heavy atom. The first-order valence-corrected chi connectivity index (χ1v) is 8.02. The van der Waals surface area contributed by atoms with Gasteiger partial charge in [0.05, 0.1) is 6.10 Å². The van der Waals surface area contributed by atoms with E-state index in [0.29, 0.717) is 0 Å².